The van der Waals surface area contributed by atoms with Gasteiger partial charge in [-0.15, -0.1) is 0 Å². The summed E-state index contributed by atoms with van der Waals surface area (Å²) in [5, 5.41) is 2.22. The Morgan fingerprint density at radius 2 is 1.56 bits per heavy atom. The predicted octanol–water partition coefficient (Wildman–Crippen LogP) is 4.81. The van der Waals surface area contributed by atoms with Crippen LogP contribution in [0.15, 0.2) is 85.1 Å². The maximum Gasteiger partial charge on any atom is 0.284 e. The van der Waals surface area contributed by atoms with E-state index in [1.807, 2.05) is 53.2 Å². The van der Waals surface area contributed by atoms with Crippen molar-refractivity contribution >= 4 is 27.6 Å². The average molecular weight is 347 g/mol. The number of hydrogen-bond donors (Lipinski definition) is 1. The first-order valence-corrected chi connectivity index (χ1v) is 9.01. The van der Waals surface area contributed by atoms with Gasteiger partial charge in [0.15, 0.2) is 6.20 Å². The number of rotatable bonds is 1. The first-order chi connectivity index (χ1) is 13.3. The van der Waals surface area contributed by atoms with Crippen molar-refractivity contribution < 1.29 is 9.36 Å². The lowest BCUT2D eigenvalue weighted by molar-refractivity contribution is -0.592. The van der Waals surface area contributed by atoms with Crippen molar-refractivity contribution in [2.24, 2.45) is 0 Å². The van der Waals surface area contributed by atoms with Gasteiger partial charge < -0.3 is 4.98 Å². The van der Waals surface area contributed by atoms with Crippen LogP contribution >= 0.6 is 0 Å². The van der Waals surface area contributed by atoms with Crippen LogP contribution in [0.25, 0.3) is 38.6 Å². The molecule has 0 spiro atoms. The van der Waals surface area contributed by atoms with Crippen LogP contribution in [-0.2, 0) is 0 Å². The number of ketones is 1. The second-order valence-electron chi connectivity index (χ2n) is 6.92. The fourth-order valence-corrected chi connectivity index (χ4v) is 4.15. The molecule has 0 radical (unpaired) electrons. The molecule has 0 saturated carbocycles. The van der Waals surface area contributed by atoms with Crippen LogP contribution in [0.2, 0.25) is 0 Å². The Bertz CT molecular complexity index is 1380. The maximum absolute atomic E-state index is 13.0. The zero-order valence-corrected chi connectivity index (χ0v) is 14.4. The highest BCUT2D eigenvalue weighted by Crippen LogP contribution is 2.33. The third kappa shape index (κ3) is 1.91. The molecule has 0 amide bonds. The van der Waals surface area contributed by atoms with Gasteiger partial charge in [-0.2, -0.15) is 4.57 Å². The molecule has 0 atom stereocenters. The van der Waals surface area contributed by atoms with Crippen molar-refractivity contribution in [2.45, 2.75) is 0 Å². The first-order valence-electron chi connectivity index (χ1n) is 9.01. The molecule has 0 unspecified atom stereocenters. The van der Waals surface area contributed by atoms with E-state index in [-0.39, 0.29) is 5.78 Å². The number of hydrogen-bond acceptors (Lipinski definition) is 1. The Balaban J connectivity index is 1.65. The van der Waals surface area contributed by atoms with E-state index in [9.17, 15) is 4.79 Å². The minimum atomic E-state index is 0.0750. The van der Waals surface area contributed by atoms with E-state index in [1.54, 1.807) is 0 Å². The molecule has 2 aromatic heterocycles. The number of para-hydroxylation sites is 1. The van der Waals surface area contributed by atoms with Gasteiger partial charge in [-0.3, -0.25) is 4.79 Å². The van der Waals surface area contributed by atoms with E-state index in [2.05, 4.69) is 41.4 Å². The Hall–Kier alpha value is -3.72. The molecule has 3 nitrogen and oxygen atoms in total. The van der Waals surface area contributed by atoms with E-state index in [0.717, 1.165) is 33.1 Å². The number of aromatic amines is 1. The van der Waals surface area contributed by atoms with Gasteiger partial charge in [0.2, 0.25) is 5.69 Å². The second-order valence-corrected chi connectivity index (χ2v) is 6.92. The Kier molecular flexibility index (Phi) is 2.75. The largest absolute Gasteiger partial charge is 0.349 e. The van der Waals surface area contributed by atoms with Gasteiger partial charge in [0.05, 0.1) is 0 Å². The fraction of sp³-hybridized carbons (Fsp3) is 0. The van der Waals surface area contributed by atoms with Gasteiger partial charge in [-0.1, -0.05) is 48.5 Å². The van der Waals surface area contributed by atoms with Crippen LogP contribution in [0.1, 0.15) is 16.1 Å². The molecule has 6 rings (SSSR count). The molecule has 1 aliphatic rings. The molecule has 27 heavy (non-hydrogen) atoms. The third-order valence-electron chi connectivity index (χ3n) is 5.44. The summed E-state index contributed by atoms with van der Waals surface area (Å²) >= 11 is 0. The number of carbonyl (C=O) groups excluding carboxylic acids is 1. The van der Waals surface area contributed by atoms with Crippen molar-refractivity contribution in [1.29, 1.82) is 0 Å². The van der Waals surface area contributed by atoms with Crippen LogP contribution in [0, 0.1) is 0 Å². The third-order valence-corrected chi connectivity index (χ3v) is 5.44. The summed E-state index contributed by atoms with van der Waals surface area (Å²) in [6.07, 6.45) is 2.00. The number of pyridine rings is 1. The summed E-state index contributed by atoms with van der Waals surface area (Å²) < 4.78 is 1.99. The lowest BCUT2D eigenvalue weighted by Gasteiger charge is -2.01. The lowest BCUT2D eigenvalue weighted by atomic mass is 10.0. The second kappa shape index (κ2) is 5.15. The monoisotopic (exact) mass is 347 g/mol. The molecule has 1 N–H and O–H groups in total. The van der Waals surface area contributed by atoms with E-state index in [4.69, 9.17) is 0 Å². The quantitative estimate of drug-likeness (QED) is 0.426. The summed E-state index contributed by atoms with van der Waals surface area (Å²) in [4.78, 5) is 16.5. The molecule has 0 aliphatic carbocycles. The Labute approximate surface area is 155 Å². The molecule has 3 heteroatoms. The zero-order chi connectivity index (χ0) is 18.0. The van der Waals surface area contributed by atoms with Crippen molar-refractivity contribution in [3.05, 3.63) is 96.3 Å². The molecule has 0 bridgehead atoms. The van der Waals surface area contributed by atoms with Gasteiger partial charge in [0, 0.05) is 28.4 Å². The maximum atomic E-state index is 13.0. The zero-order valence-electron chi connectivity index (χ0n) is 14.4. The van der Waals surface area contributed by atoms with Crippen molar-refractivity contribution in [1.82, 2.24) is 4.98 Å². The number of nitrogens with one attached hydrogen (secondary N) is 1. The highest BCUT2D eigenvalue weighted by atomic mass is 16.1. The highest BCUT2D eigenvalue weighted by molar-refractivity contribution is 6.20. The predicted molar refractivity (Wildman–Crippen MR) is 106 cm³/mol. The molecule has 0 saturated heterocycles. The standard InChI is InChI=1S/C24H14N2O/c27-24-18-8-4-5-9-21(18)26-13-12-17-19-14-16(15-6-2-1-3-7-15)10-11-20(19)25-22(17)23(24)26/h1-14H/p+1. The number of benzene rings is 3. The van der Waals surface area contributed by atoms with Crippen molar-refractivity contribution in [3.8, 4) is 16.8 Å². The van der Waals surface area contributed by atoms with Crippen molar-refractivity contribution in [3.63, 3.8) is 0 Å². The Morgan fingerprint density at radius 1 is 0.741 bits per heavy atom. The van der Waals surface area contributed by atoms with E-state index < -0.39 is 0 Å². The number of nitrogens with zero attached hydrogens (tertiary/aromatic N) is 1. The number of carbonyl (C=O) groups is 1. The summed E-state index contributed by atoms with van der Waals surface area (Å²) in [6.45, 7) is 0. The van der Waals surface area contributed by atoms with Gasteiger partial charge in [-0.05, 0) is 29.3 Å². The molecule has 1 aliphatic heterocycles. The fourth-order valence-electron chi connectivity index (χ4n) is 4.15. The lowest BCUT2D eigenvalue weighted by Crippen LogP contribution is -2.31. The van der Waals surface area contributed by atoms with Gasteiger partial charge in [0.25, 0.3) is 11.5 Å². The normalized spacial score (nSPS) is 12.5. The van der Waals surface area contributed by atoms with Crippen LogP contribution in [-0.4, -0.2) is 10.8 Å². The smallest absolute Gasteiger partial charge is 0.284 e. The van der Waals surface area contributed by atoms with E-state index >= 15 is 0 Å². The van der Waals surface area contributed by atoms with E-state index in [0.29, 0.717) is 5.69 Å². The van der Waals surface area contributed by atoms with Gasteiger partial charge in [0.1, 0.15) is 11.1 Å². The average Bonchev–Trinajstić information content (AvgIpc) is 3.24. The van der Waals surface area contributed by atoms with Crippen LogP contribution in [0.5, 0.6) is 0 Å². The topological polar surface area (TPSA) is 36.7 Å². The molecule has 0 fully saturated rings. The molecule has 5 aromatic rings. The van der Waals surface area contributed by atoms with Crippen LogP contribution < -0.4 is 4.57 Å². The highest BCUT2D eigenvalue weighted by Gasteiger charge is 2.37. The minimum absolute atomic E-state index is 0.0750. The van der Waals surface area contributed by atoms with Crippen LogP contribution in [0.4, 0.5) is 0 Å². The molecular formula is C24H15N2O+. The Morgan fingerprint density at radius 3 is 2.44 bits per heavy atom. The van der Waals surface area contributed by atoms with Gasteiger partial charge in [-0.25, -0.2) is 0 Å². The first kappa shape index (κ1) is 14.4. The molecular weight excluding hydrogens is 332 g/mol. The summed E-state index contributed by atoms with van der Waals surface area (Å²) in [5.41, 5.74) is 6.73. The van der Waals surface area contributed by atoms with Gasteiger partial charge >= 0.3 is 0 Å². The summed E-state index contributed by atoms with van der Waals surface area (Å²) in [7, 11) is 0. The summed E-state index contributed by atoms with van der Waals surface area (Å²) in [5.74, 6) is 0.0750. The van der Waals surface area contributed by atoms with Crippen LogP contribution in [0.3, 0.4) is 0 Å². The number of H-pyrrole nitrogens is 1. The van der Waals surface area contributed by atoms with E-state index in [1.165, 1.54) is 11.1 Å². The molecule has 3 heterocycles. The molecule has 126 valence electrons. The number of fused-ring (bicyclic) bond motifs is 7. The molecule has 3 aromatic carbocycles. The SMILES string of the molecule is O=C1c2ccccc2-[n+]2ccc3c([nH]c4ccc(-c5ccccc5)cc43)c21. The summed E-state index contributed by atoms with van der Waals surface area (Å²) in [6, 6.07) is 26.6. The minimum Gasteiger partial charge on any atom is -0.349 e. The van der Waals surface area contributed by atoms with Crippen molar-refractivity contribution in [2.75, 3.05) is 0 Å². The number of aromatic nitrogens is 2.